The van der Waals surface area contributed by atoms with Crippen molar-refractivity contribution in [2.75, 3.05) is 32.3 Å². The SMILES string of the molecule is C/C=C\c1ccc(OCC(=O)N2CCCc3cc(OC)ccc32)c(OC)c1. The van der Waals surface area contributed by atoms with Gasteiger partial charge in [0.05, 0.1) is 14.2 Å². The summed E-state index contributed by atoms with van der Waals surface area (Å²) in [5.41, 5.74) is 3.08. The number of carbonyl (C=O) groups excluding carboxylic acids is 1. The van der Waals surface area contributed by atoms with Crippen LogP contribution in [0.15, 0.2) is 42.5 Å². The van der Waals surface area contributed by atoms with Crippen LogP contribution in [0.2, 0.25) is 0 Å². The molecule has 5 heteroatoms. The molecule has 1 aliphatic rings. The van der Waals surface area contributed by atoms with Gasteiger partial charge in [-0.3, -0.25) is 4.79 Å². The second-order valence-corrected chi connectivity index (χ2v) is 6.34. The summed E-state index contributed by atoms with van der Waals surface area (Å²) < 4.78 is 16.5. The number of benzene rings is 2. The van der Waals surface area contributed by atoms with Crippen molar-refractivity contribution in [3.05, 3.63) is 53.6 Å². The van der Waals surface area contributed by atoms with Crippen LogP contribution < -0.4 is 19.1 Å². The fourth-order valence-corrected chi connectivity index (χ4v) is 3.28. The van der Waals surface area contributed by atoms with Crippen molar-refractivity contribution < 1.29 is 19.0 Å². The lowest BCUT2D eigenvalue weighted by Gasteiger charge is -2.29. The Morgan fingerprint density at radius 2 is 1.96 bits per heavy atom. The van der Waals surface area contributed by atoms with Gasteiger partial charge >= 0.3 is 0 Å². The van der Waals surface area contributed by atoms with Gasteiger partial charge in [-0.25, -0.2) is 0 Å². The number of anilines is 1. The predicted molar refractivity (Wildman–Crippen MR) is 107 cm³/mol. The van der Waals surface area contributed by atoms with E-state index in [1.165, 1.54) is 0 Å². The number of aryl methyl sites for hydroxylation is 1. The second kappa shape index (κ2) is 8.62. The lowest BCUT2D eigenvalue weighted by molar-refractivity contribution is -0.120. The zero-order valence-corrected chi connectivity index (χ0v) is 16.0. The minimum Gasteiger partial charge on any atom is -0.497 e. The first kappa shape index (κ1) is 18.8. The van der Waals surface area contributed by atoms with Crippen LogP contribution in [0.1, 0.15) is 24.5 Å². The molecule has 0 fully saturated rings. The highest BCUT2D eigenvalue weighted by molar-refractivity contribution is 5.95. The summed E-state index contributed by atoms with van der Waals surface area (Å²) in [5.74, 6) is 1.92. The highest BCUT2D eigenvalue weighted by Crippen LogP contribution is 2.32. The molecule has 0 unspecified atom stereocenters. The monoisotopic (exact) mass is 367 g/mol. The van der Waals surface area contributed by atoms with Crippen molar-refractivity contribution in [1.29, 1.82) is 0 Å². The third kappa shape index (κ3) is 4.25. The molecule has 0 aromatic heterocycles. The number of ether oxygens (including phenoxy) is 3. The highest BCUT2D eigenvalue weighted by Gasteiger charge is 2.23. The van der Waals surface area contributed by atoms with Gasteiger partial charge in [-0.05, 0) is 61.2 Å². The lowest BCUT2D eigenvalue weighted by Crippen LogP contribution is -2.38. The molecule has 0 saturated heterocycles. The summed E-state index contributed by atoms with van der Waals surface area (Å²) in [5, 5.41) is 0. The summed E-state index contributed by atoms with van der Waals surface area (Å²) in [6.45, 7) is 2.62. The fraction of sp³-hybridized carbons (Fsp3) is 0.318. The smallest absolute Gasteiger partial charge is 0.264 e. The van der Waals surface area contributed by atoms with Crippen LogP contribution >= 0.6 is 0 Å². The Hall–Kier alpha value is -2.95. The molecule has 2 aromatic carbocycles. The normalized spacial score (nSPS) is 13.4. The van der Waals surface area contributed by atoms with Gasteiger partial charge in [0.15, 0.2) is 18.1 Å². The molecule has 0 saturated carbocycles. The average Bonchev–Trinajstić information content (AvgIpc) is 2.71. The number of fused-ring (bicyclic) bond motifs is 1. The van der Waals surface area contributed by atoms with E-state index in [1.54, 1.807) is 19.1 Å². The maximum Gasteiger partial charge on any atom is 0.264 e. The molecule has 1 amide bonds. The minimum atomic E-state index is -0.0688. The van der Waals surface area contributed by atoms with Crippen molar-refractivity contribution >= 4 is 17.7 Å². The fourth-order valence-electron chi connectivity index (χ4n) is 3.28. The zero-order chi connectivity index (χ0) is 19.2. The van der Waals surface area contributed by atoms with Crippen molar-refractivity contribution in [3.8, 4) is 17.2 Å². The van der Waals surface area contributed by atoms with Gasteiger partial charge in [0, 0.05) is 12.2 Å². The molecule has 0 bridgehead atoms. The van der Waals surface area contributed by atoms with Crippen LogP contribution in [0, 0.1) is 0 Å². The van der Waals surface area contributed by atoms with Crippen molar-refractivity contribution in [2.24, 2.45) is 0 Å². The standard InChI is InChI=1S/C22H25NO4/c1-4-6-16-8-11-20(21(13-16)26-3)27-15-22(24)23-12-5-7-17-14-18(25-2)9-10-19(17)23/h4,6,8-11,13-14H,5,7,12,15H2,1-3H3/b6-4-. The Balaban J connectivity index is 1.72. The van der Waals surface area contributed by atoms with Crippen molar-refractivity contribution in [2.45, 2.75) is 19.8 Å². The second-order valence-electron chi connectivity index (χ2n) is 6.34. The van der Waals surface area contributed by atoms with Crippen LogP contribution in [0.4, 0.5) is 5.69 Å². The number of hydrogen-bond donors (Lipinski definition) is 0. The average molecular weight is 367 g/mol. The number of carbonyl (C=O) groups is 1. The molecule has 3 rings (SSSR count). The molecular formula is C22H25NO4. The Bertz CT molecular complexity index is 844. The van der Waals surface area contributed by atoms with Gasteiger partial charge in [-0.15, -0.1) is 0 Å². The van der Waals surface area contributed by atoms with Gasteiger partial charge in [-0.1, -0.05) is 18.2 Å². The molecule has 5 nitrogen and oxygen atoms in total. The molecule has 27 heavy (non-hydrogen) atoms. The number of nitrogens with zero attached hydrogens (tertiary/aromatic N) is 1. The topological polar surface area (TPSA) is 48.0 Å². The first-order valence-corrected chi connectivity index (χ1v) is 9.07. The zero-order valence-electron chi connectivity index (χ0n) is 16.0. The van der Waals surface area contributed by atoms with E-state index >= 15 is 0 Å². The number of hydrogen-bond acceptors (Lipinski definition) is 4. The van der Waals surface area contributed by atoms with E-state index in [4.69, 9.17) is 14.2 Å². The molecule has 1 aliphatic heterocycles. The summed E-state index contributed by atoms with van der Waals surface area (Å²) in [6, 6.07) is 11.5. The van der Waals surface area contributed by atoms with E-state index < -0.39 is 0 Å². The third-order valence-electron chi connectivity index (χ3n) is 4.60. The summed E-state index contributed by atoms with van der Waals surface area (Å²) in [7, 11) is 3.24. The molecule has 142 valence electrons. The summed E-state index contributed by atoms with van der Waals surface area (Å²) in [4.78, 5) is 14.6. The van der Waals surface area contributed by atoms with Crippen LogP contribution in [0.25, 0.3) is 6.08 Å². The predicted octanol–water partition coefficient (Wildman–Crippen LogP) is 4.10. The van der Waals surface area contributed by atoms with E-state index in [0.29, 0.717) is 18.0 Å². The maximum absolute atomic E-state index is 12.8. The molecule has 0 radical (unpaired) electrons. The molecular weight excluding hydrogens is 342 g/mol. The molecule has 0 N–H and O–H groups in total. The molecule has 1 heterocycles. The number of allylic oxidation sites excluding steroid dienone is 1. The van der Waals surface area contributed by atoms with Gasteiger partial charge in [0.25, 0.3) is 5.91 Å². The maximum atomic E-state index is 12.8. The van der Waals surface area contributed by atoms with E-state index in [9.17, 15) is 4.79 Å². The quantitative estimate of drug-likeness (QED) is 0.771. The Kier molecular flexibility index (Phi) is 6.01. The summed E-state index contributed by atoms with van der Waals surface area (Å²) >= 11 is 0. The third-order valence-corrected chi connectivity index (χ3v) is 4.60. The van der Waals surface area contributed by atoms with E-state index in [1.807, 2.05) is 55.5 Å². The first-order valence-electron chi connectivity index (χ1n) is 9.07. The highest BCUT2D eigenvalue weighted by atomic mass is 16.5. The molecule has 2 aromatic rings. The van der Waals surface area contributed by atoms with E-state index in [-0.39, 0.29) is 12.5 Å². The molecule has 0 spiro atoms. The number of amides is 1. The van der Waals surface area contributed by atoms with Gasteiger partial charge in [0.1, 0.15) is 5.75 Å². The lowest BCUT2D eigenvalue weighted by atomic mass is 10.0. The van der Waals surface area contributed by atoms with Crippen molar-refractivity contribution in [1.82, 2.24) is 0 Å². The van der Waals surface area contributed by atoms with Gasteiger partial charge in [0.2, 0.25) is 0 Å². The van der Waals surface area contributed by atoms with Crippen LogP contribution in [0.5, 0.6) is 17.2 Å². The number of rotatable bonds is 6. The van der Waals surface area contributed by atoms with Crippen molar-refractivity contribution in [3.63, 3.8) is 0 Å². The molecule has 0 atom stereocenters. The van der Waals surface area contributed by atoms with E-state index in [2.05, 4.69) is 0 Å². The Morgan fingerprint density at radius 1 is 1.11 bits per heavy atom. The first-order chi connectivity index (χ1) is 13.2. The van der Waals surface area contributed by atoms with Crippen LogP contribution in [-0.4, -0.2) is 33.3 Å². The van der Waals surface area contributed by atoms with E-state index in [0.717, 1.165) is 35.4 Å². The van der Waals surface area contributed by atoms with Crippen LogP contribution in [0.3, 0.4) is 0 Å². The minimum absolute atomic E-state index is 0.0369. The van der Waals surface area contributed by atoms with Crippen LogP contribution in [-0.2, 0) is 11.2 Å². The number of methoxy groups -OCH3 is 2. The van der Waals surface area contributed by atoms with Gasteiger partial charge < -0.3 is 19.1 Å². The Labute approximate surface area is 160 Å². The summed E-state index contributed by atoms with van der Waals surface area (Å²) in [6.07, 6.45) is 5.81. The molecule has 0 aliphatic carbocycles. The largest absolute Gasteiger partial charge is 0.497 e. The Morgan fingerprint density at radius 3 is 2.70 bits per heavy atom. The van der Waals surface area contributed by atoms with Gasteiger partial charge in [-0.2, -0.15) is 0 Å².